The number of carbonyl (C=O) groups excluding carboxylic acids is 1. The highest BCUT2D eigenvalue weighted by Crippen LogP contribution is 2.30. The van der Waals surface area contributed by atoms with Gasteiger partial charge in [0, 0.05) is 34.5 Å². The molecule has 0 bridgehead atoms. The number of carbonyl (C=O) groups is 1. The average molecular weight is 431 g/mol. The second-order valence-electron chi connectivity index (χ2n) is 6.14. The van der Waals surface area contributed by atoms with Crippen molar-refractivity contribution < 1.29 is 13.7 Å². The summed E-state index contributed by atoms with van der Waals surface area (Å²) in [5.41, 5.74) is 1.13. The Morgan fingerprint density at radius 2 is 1.97 bits per heavy atom. The molecular weight excluding hydrogens is 418 g/mol. The van der Waals surface area contributed by atoms with Gasteiger partial charge in [-0.25, -0.2) is 4.39 Å². The zero-order chi connectivity index (χ0) is 20.4. The molecule has 2 aromatic heterocycles. The van der Waals surface area contributed by atoms with Gasteiger partial charge in [0.15, 0.2) is 17.3 Å². The van der Waals surface area contributed by atoms with Gasteiger partial charge in [0.2, 0.25) is 0 Å². The predicted molar refractivity (Wildman–Crippen MR) is 108 cm³/mol. The maximum absolute atomic E-state index is 13.8. The zero-order valence-corrected chi connectivity index (χ0v) is 16.3. The highest BCUT2D eigenvalue weighted by molar-refractivity contribution is 6.36. The minimum absolute atomic E-state index is 0.0645. The molecule has 2 heterocycles. The first-order valence-corrected chi connectivity index (χ1v) is 9.25. The van der Waals surface area contributed by atoms with E-state index in [2.05, 4.69) is 15.6 Å². The Bertz CT molecular complexity index is 1190. The van der Waals surface area contributed by atoms with Crippen molar-refractivity contribution in [3.63, 3.8) is 0 Å². The predicted octanol–water partition coefficient (Wildman–Crippen LogP) is 5.28. The number of nitrogens with one attached hydrogen (secondary N) is 1. The Hall–Kier alpha value is -3.16. The molecule has 146 valence electrons. The van der Waals surface area contributed by atoms with Crippen LogP contribution in [0, 0.1) is 5.82 Å². The fourth-order valence-electron chi connectivity index (χ4n) is 2.70. The maximum Gasteiger partial charge on any atom is 0.279 e. The quantitative estimate of drug-likeness (QED) is 0.467. The van der Waals surface area contributed by atoms with Gasteiger partial charge in [-0.3, -0.25) is 9.48 Å². The first kappa shape index (κ1) is 19.2. The Balaban J connectivity index is 1.46. The van der Waals surface area contributed by atoms with Crippen LogP contribution in [0.2, 0.25) is 10.0 Å². The zero-order valence-electron chi connectivity index (χ0n) is 14.8. The number of hydrogen-bond donors (Lipinski definition) is 1. The number of hydrogen-bond acceptors (Lipinski definition) is 4. The molecule has 9 heteroatoms. The van der Waals surface area contributed by atoms with Crippen LogP contribution in [-0.2, 0) is 6.54 Å². The molecular formula is C20H13Cl2FN4O2. The molecule has 0 fully saturated rings. The summed E-state index contributed by atoms with van der Waals surface area (Å²) in [5, 5.41) is 11.5. The van der Waals surface area contributed by atoms with E-state index in [9.17, 15) is 9.18 Å². The number of aromatic nitrogens is 3. The van der Waals surface area contributed by atoms with Crippen molar-refractivity contribution >= 4 is 34.9 Å². The van der Waals surface area contributed by atoms with Crippen molar-refractivity contribution in [3.8, 4) is 11.3 Å². The Kier molecular flexibility index (Phi) is 5.33. The molecule has 1 amide bonds. The van der Waals surface area contributed by atoms with Crippen LogP contribution < -0.4 is 5.32 Å². The van der Waals surface area contributed by atoms with E-state index in [1.54, 1.807) is 48.7 Å². The van der Waals surface area contributed by atoms with Gasteiger partial charge in [-0.1, -0.05) is 46.6 Å². The molecule has 4 rings (SSSR count). The van der Waals surface area contributed by atoms with Crippen LogP contribution in [0.15, 0.2) is 65.3 Å². The van der Waals surface area contributed by atoms with E-state index >= 15 is 0 Å². The number of rotatable bonds is 5. The highest BCUT2D eigenvalue weighted by Gasteiger charge is 2.17. The third-order valence-electron chi connectivity index (χ3n) is 4.11. The normalized spacial score (nSPS) is 10.9. The molecule has 0 saturated heterocycles. The van der Waals surface area contributed by atoms with Crippen LogP contribution in [0.1, 0.15) is 16.1 Å². The second-order valence-corrected chi connectivity index (χ2v) is 6.99. The van der Waals surface area contributed by atoms with Gasteiger partial charge in [-0.2, -0.15) is 5.10 Å². The number of nitrogens with zero attached hydrogens (tertiary/aromatic N) is 3. The molecule has 0 spiro atoms. The third-order valence-corrected chi connectivity index (χ3v) is 4.66. The fraction of sp³-hybridized carbons (Fsp3) is 0.0500. The van der Waals surface area contributed by atoms with E-state index < -0.39 is 5.91 Å². The largest absolute Gasteiger partial charge is 0.355 e. The van der Waals surface area contributed by atoms with Crippen molar-refractivity contribution in [1.29, 1.82) is 0 Å². The maximum atomic E-state index is 13.8. The molecule has 0 aliphatic carbocycles. The lowest BCUT2D eigenvalue weighted by atomic mass is 10.1. The molecule has 29 heavy (non-hydrogen) atoms. The van der Waals surface area contributed by atoms with E-state index in [0.29, 0.717) is 32.8 Å². The SMILES string of the molecule is O=C(Nc1ccn(Cc2ccccc2F)n1)c1cc(-c2ccc(Cl)cc2Cl)on1. The van der Waals surface area contributed by atoms with E-state index in [-0.39, 0.29) is 18.1 Å². The molecule has 2 aromatic carbocycles. The summed E-state index contributed by atoms with van der Waals surface area (Å²) in [4.78, 5) is 12.4. The van der Waals surface area contributed by atoms with Crippen molar-refractivity contribution in [3.05, 3.63) is 87.9 Å². The second kappa shape index (κ2) is 8.06. The average Bonchev–Trinajstić information content (AvgIpc) is 3.33. The van der Waals surface area contributed by atoms with Crippen LogP contribution in [-0.4, -0.2) is 20.8 Å². The topological polar surface area (TPSA) is 73.0 Å². The lowest BCUT2D eigenvalue weighted by Crippen LogP contribution is -2.13. The summed E-state index contributed by atoms with van der Waals surface area (Å²) in [6.07, 6.45) is 1.64. The van der Waals surface area contributed by atoms with Crippen molar-refractivity contribution in [2.45, 2.75) is 6.54 Å². The van der Waals surface area contributed by atoms with Gasteiger partial charge in [0.1, 0.15) is 5.82 Å². The summed E-state index contributed by atoms with van der Waals surface area (Å²) >= 11 is 12.0. The summed E-state index contributed by atoms with van der Waals surface area (Å²) < 4.78 is 20.5. The first-order valence-electron chi connectivity index (χ1n) is 8.50. The Morgan fingerprint density at radius 3 is 2.76 bits per heavy atom. The molecule has 4 aromatic rings. The van der Waals surface area contributed by atoms with Crippen molar-refractivity contribution in [2.24, 2.45) is 0 Å². The van der Waals surface area contributed by atoms with Gasteiger partial charge < -0.3 is 9.84 Å². The molecule has 0 atom stereocenters. The number of amides is 1. The van der Waals surface area contributed by atoms with Gasteiger partial charge >= 0.3 is 0 Å². The minimum atomic E-state index is -0.499. The lowest BCUT2D eigenvalue weighted by Gasteiger charge is -2.03. The Labute approximate surface area is 174 Å². The smallest absolute Gasteiger partial charge is 0.279 e. The van der Waals surface area contributed by atoms with E-state index in [1.165, 1.54) is 16.8 Å². The van der Waals surface area contributed by atoms with Gasteiger partial charge in [-0.05, 0) is 24.3 Å². The summed E-state index contributed by atoms with van der Waals surface area (Å²) in [6.45, 7) is 0.242. The standard InChI is InChI=1S/C20H13Cl2FN4O2/c21-13-5-6-14(15(22)9-13)18-10-17(26-29-18)20(28)24-19-7-8-27(25-19)11-12-3-1-2-4-16(12)23/h1-10H,11H2,(H,24,25,28). The number of halogens is 3. The number of anilines is 1. The molecule has 0 radical (unpaired) electrons. The molecule has 0 aliphatic heterocycles. The van der Waals surface area contributed by atoms with E-state index in [4.69, 9.17) is 27.7 Å². The summed E-state index contributed by atoms with van der Waals surface area (Å²) in [5.74, 6) is -0.173. The van der Waals surface area contributed by atoms with E-state index in [1.807, 2.05) is 0 Å². The van der Waals surface area contributed by atoms with Crippen LogP contribution in [0.4, 0.5) is 10.2 Å². The Morgan fingerprint density at radius 1 is 1.14 bits per heavy atom. The summed E-state index contributed by atoms with van der Waals surface area (Å²) in [7, 11) is 0. The van der Waals surface area contributed by atoms with Crippen LogP contribution in [0.25, 0.3) is 11.3 Å². The molecule has 6 nitrogen and oxygen atoms in total. The lowest BCUT2D eigenvalue weighted by molar-refractivity contribution is 0.101. The van der Waals surface area contributed by atoms with Crippen LogP contribution in [0.3, 0.4) is 0 Å². The molecule has 0 unspecified atom stereocenters. The van der Waals surface area contributed by atoms with Gasteiger partial charge in [0.05, 0.1) is 11.6 Å². The molecule has 0 saturated carbocycles. The molecule has 1 N–H and O–H groups in total. The van der Waals surface area contributed by atoms with Crippen LogP contribution in [0.5, 0.6) is 0 Å². The van der Waals surface area contributed by atoms with Crippen molar-refractivity contribution in [1.82, 2.24) is 14.9 Å². The van der Waals surface area contributed by atoms with Crippen molar-refractivity contribution in [2.75, 3.05) is 5.32 Å². The third kappa shape index (κ3) is 4.31. The fourth-order valence-corrected chi connectivity index (χ4v) is 3.20. The number of benzene rings is 2. The van der Waals surface area contributed by atoms with E-state index in [0.717, 1.165) is 0 Å². The van der Waals surface area contributed by atoms with Gasteiger partial charge in [-0.15, -0.1) is 0 Å². The van der Waals surface area contributed by atoms with Gasteiger partial charge in [0.25, 0.3) is 5.91 Å². The first-order chi connectivity index (χ1) is 14.0. The summed E-state index contributed by atoms with van der Waals surface area (Å²) in [6, 6.07) is 14.4. The molecule has 0 aliphatic rings. The minimum Gasteiger partial charge on any atom is -0.355 e. The highest BCUT2D eigenvalue weighted by atomic mass is 35.5. The monoisotopic (exact) mass is 430 g/mol. The van der Waals surface area contributed by atoms with Crippen LogP contribution >= 0.6 is 23.2 Å².